The van der Waals surface area contributed by atoms with Crippen LogP contribution in [0.5, 0.6) is 0 Å². The average molecular weight is 280 g/mol. The van der Waals surface area contributed by atoms with E-state index in [2.05, 4.69) is 0 Å². The van der Waals surface area contributed by atoms with E-state index in [9.17, 15) is 4.79 Å². The van der Waals surface area contributed by atoms with Gasteiger partial charge in [0.25, 0.3) is 0 Å². The highest BCUT2D eigenvalue weighted by molar-refractivity contribution is 6.44. The third-order valence-corrected chi connectivity index (χ3v) is 3.46. The molecule has 1 fully saturated rings. The van der Waals surface area contributed by atoms with Gasteiger partial charge in [0, 0.05) is 19.0 Å². The molecular weight excluding hydrogens is 270 g/mol. The van der Waals surface area contributed by atoms with E-state index >= 15 is 0 Å². The predicted molar refractivity (Wildman–Crippen MR) is 66.4 cm³/mol. The van der Waals surface area contributed by atoms with Crippen molar-refractivity contribution in [1.82, 2.24) is 0 Å². The molecule has 2 rings (SSSR count). The van der Waals surface area contributed by atoms with Crippen LogP contribution in [0.4, 0.5) is 5.69 Å². The Hall–Kier alpha value is -0.480. The van der Waals surface area contributed by atoms with Crippen molar-refractivity contribution in [2.45, 2.75) is 12.5 Å². The van der Waals surface area contributed by atoms with Gasteiger partial charge in [-0.15, -0.1) is 0 Å². The Morgan fingerprint density at radius 1 is 1.19 bits per heavy atom. The van der Waals surface area contributed by atoms with Crippen molar-refractivity contribution in [2.75, 3.05) is 11.4 Å². The Balaban J connectivity index is 2.41. The van der Waals surface area contributed by atoms with Crippen molar-refractivity contribution in [3.8, 4) is 0 Å². The third-order valence-electron chi connectivity index (χ3n) is 2.44. The smallest absolute Gasteiger partial charge is 0.228 e. The fourth-order valence-corrected chi connectivity index (χ4v) is 2.33. The molecule has 6 heteroatoms. The molecule has 1 aliphatic rings. The van der Waals surface area contributed by atoms with Gasteiger partial charge in [0.15, 0.2) is 0 Å². The highest BCUT2D eigenvalue weighted by atomic mass is 35.5. The molecule has 1 saturated heterocycles. The van der Waals surface area contributed by atoms with E-state index in [1.165, 1.54) is 11.0 Å². The molecule has 1 amide bonds. The van der Waals surface area contributed by atoms with Crippen molar-refractivity contribution >= 4 is 46.4 Å². The topological polar surface area (TPSA) is 46.3 Å². The maximum Gasteiger partial charge on any atom is 0.228 e. The summed E-state index contributed by atoms with van der Waals surface area (Å²) in [5, 5.41) is 1.14. The fraction of sp³-hybridized carbons (Fsp3) is 0.300. The van der Waals surface area contributed by atoms with E-state index in [0.717, 1.165) is 0 Å². The second-order valence-electron chi connectivity index (χ2n) is 3.69. The molecule has 0 aromatic heterocycles. The molecular formula is C10H9Cl3N2O. The number of amides is 1. The number of hydrogen-bond acceptors (Lipinski definition) is 2. The molecule has 0 bridgehead atoms. The van der Waals surface area contributed by atoms with Gasteiger partial charge in [0.05, 0.1) is 20.8 Å². The quantitative estimate of drug-likeness (QED) is 0.804. The maximum absolute atomic E-state index is 11.6. The van der Waals surface area contributed by atoms with Gasteiger partial charge in [-0.05, 0) is 12.1 Å². The molecule has 1 aromatic rings. The van der Waals surface area contributed by atoms with Crippen molar-refractivity contribution in [2.24, 2.45) is 5.73 Å². The summed E-state index contributed by atoms with van der Waals surface area (Å²) in [5.74, 6) is -0.0483. The standard InChI is InChI=1S/C10H9Cl3N2O/c11-6-2-8(13)9(3-7(6)12)15-4-5(14)1-10(15)16/h2-3,5H,1,4,14H2. The first-order valence-electron chi connectivity index (χ1n) is 4.69. The van der Waals surface area contributed by atoms with E-state index in [0.29, 0.717) is 33.7 Å². The second kappa shape index (κ2) is 4.41. The van der Waals surface area contributed by atoms with Gasteiger partial charge in [-0.25, -0.2) is 0 Å². The summed E-state index contributed by atoms with van der Waals surface area (Å²) < 4.78 is 0. The summed E-state index contributed by atoms with van der Waals surface area (Å²) in [4.78, 5) is 13.2. The summed E-state index contributed by atoms with van der Waals surface area (Å²) in [6.45, 7) is 0.455. The lowest BCUT2D eigenvalue weighted by molar-refractivity contribution is -0.117. The van der Waals surface area contributed by atoms with Gasteiger partial charge < -0.3 is 10.6 Å². The zero-order valence-corrected chi connectivity index (χ0v) is 10.5. The SMILES string of the molecule is NC1CC(=O)N(c2cc(Cl)c(Cl)cc2Cl)C1. The first kappa shape index (κ1) is 12.0. The van der Waals surface area contributed by atoms with Crippen molar-refractivity contribution in [3.63, 3.8) is 0 Å². The van der Waals surface area contributed by atoms with Crippen molar-refractivity contribution < 1.29 is 4.79 Å². The van der Waals surface area contributed by atoms with Crippen LogP contribution in [0.1, 0.15) is 6.42 Å². The summed E-state index contributed by atoms with van der Waals surface area (Å²) in [6.07, 6.45) is 0.330. The van der Waals surface area contributed by atoms with Gasteiger partial charge in [0.1, 0.15) is 0 Å². The number of halogens is 3. The van der Waals surface area contributed by atoms with Gasteiger partial charge in [-0.2, -0.15) is 0 Å². The Kier molecular flexibility index (Phi) is 3.31. The van der Waals surface area contributed by atoms with E-state index in [4.69, 9.17) is 40.5 Å². The van der Waals surface area contributed by atoms with Crippen LogP contribution in [0.15, 0.2) is 12.1 Å². The molecule has 1 aliphatic heterocycles. The molecule has 16 heavy (non-hydrogen) atoms. The molecule has 86 valence electrons. The zero-order valence-electron chi connectivity index (χ0n) is 8.21. The predicted octanol–water partition coefficient (Wildman–Crippen LogP) is 2.71. The number of carbonyl (C=O) groups excluding carboxylic acids is 1. The average Bonchev–Trinajstić information content (AvgIpc) is 2.51. The number of nitrogens with zero attached hydrogens (tertiary/aromatic N) is 1. The van der Waals surface area contributed by atoms with Crippen LogP contribution in [0.2, 0.25) is 15.1 Å². The lowest BCUT2D eigenvalue weighted by atomic mass is 10.3. The summed E-state index contributed by atoms with van der Waals surface area (Å²) in [6, 6.07) is 2.96. The van der Waals surface area contributed by atoms with Gasteiger partial charge in [0.2, 0.25) is 5.91 Å². The van der Waals surface area contributed by atoms with Crippen LogP contribution >= 0.6 is 34.8 Å². The number of rotatable bonds is 1. The Bertz CT molecular complexity index is 450. The Labute approximate surface area is 108 Å². The molecule has 1 heterocycles. The minimum Gasteiger partial charge on any atom is -0.326 e. The molecule has 1 aromatic carbocycles. The highest BCUT2D eigenvalue weighted by Crippen LogP contribution is 2.36. The first-order valence-corrected chi connectivity index (χ1v) is 5.83. The van der Waals surface area contributed by atoms with Gasteiger partial charge >= 0.3 is 0 Å². The molecule has 1 unspecified atom stereocenters. The molecule has 0 aliphatic carbocycles. The van der Waals surface area contributed by atoms with Crippen LogP contribution in [0, 0.1) is 0 Å². The molecule has 0 saturated carbocycles. The first-order chi connectivity index (χ1) is 7.49. The summed E-state index contributed by atoms with van der Waals surface area (Å²) >= 11 is 17.7. The number of carbonyl (C=O) groups is 1. The van der Waals surface area contributed by atoms with Gasteiger partial charge in [-0.3, -0.25) is 4.79 Å². The maximum atomic E-state index is 11.6. The molecule has 1 atom stereocenters. The number of anilines is 1. The lowest BCUT2D eigenvalue weighted by Gasteiger charge is -2.18. The van der Waals surface area contributed by atoms with Crippen LogP contribution in [0.3, 0.4) is 0 Å². The zero-order chi connectivity index (χ0) is 11.9. The summed E-state index contributed by atoms with van der Waals surface area (Å²) in [7, 11) is 0. The molecule has 0 radical (unpaired) electrons. The molecule has 3 nitrogen and oxygen atoms in total. The monoisotopic (exact) mass is 278 g/mol. The van der Waals surface area contributed by atoms with Crippen LogP contribution in [-0.2, 0) is 4.79 Å². The molecule has 0 spiro atoms. The van der Waals surface area contributed by atoms with Crippen LogP contribution in [0.25, 0.3) is 0 Å². The minimum atomic E-state index is -0.155. The fourth-order valence-electron chi connectivity index (χ4n) is 1.69. The van der Waals surface area contributed by atoms with Crippen LogP contribution in [-0.4, -0.2) is 18.5 Å². The van der Waals surface area contributed by atoms with Crippen LogP contribution < -0.4 is 10.6 Å². The third kappa shape index (κ3) is 2.13. The van der Waals surface area contributed by atoms with E-state index in [1.54, 1.807) is 6.07 Å². The normalized spacial score (nSPS) is 20.6. The highest BCUT2D eigenvalue weighted by Gasteiger charge is 2.29. The minimum absolute atomic E-state index is 0.0483. The van der Waals surface area contributed by atoms with E-state index < -0.39 is 0 Å². The summed E-state index contributed by atoms with van der Waals surface area (Å²) in [5.41, 5.74) is 6.27. The number of benzene rings is 1. The van der Waals surface area contributed by atoms with E-state index in [1.807, 2.05) is 0 Å². The number of nitrogens with two attached hydrogens (primary N) is 1. The van der Waals surface area contributed by atoms with Crippen molar-refractivity contribution in [3.05, 3.63) is 27.2 Å². The number of hydrogen-bond donors (Lipinski definition) is 1. The van der Waals surface area contributed by atoms with Crippen molar-refractivity contribution in [1.29, 1.82) is 0 Å². The van der Waals surface area contributed by atoms with Gasteiger partial charge in [-0.1, -0.05) is 34.8 Å². The second-order valence-corrected chi connectivity index (χ2v) is 4.91. The Morgan fingerprint density at radius 3 is 2.38 bits per heavy atom. The Morgan fingerprint density at radius 2 is 1.81 bits per heavy atom. The largest absolute Gasteiger partial charge is 0.326 e. The molecule has 2 N–H and O–H groups in total. The van der Waals surface area contributed by atoms with E-state index in [-0.39, 0.29) is 11.9 Å². The lowest BCUT2D eigenvalue weighted by Crippen LogP contribution is -2.28.